The molecule has 0 bridgehead atoms. The first-order valence-corrected chi connectivity index (χ1v) is 10.3. The summed E-state index contributed by atoms with van der Waals surface area (Å²) >= 11 is 0. The fourth-order valence-corrected chi connectivity index (χ4v) is 4.00. The van der Waals surface area contributed by atoms with Gasteiger partial charge in [-0.1, -0.05) is 6.07 Å². The van der Waals surface area contributed by atoms with E-state index in [1.54, 1.807) is 12.1 Å². The molecule has 9 heteroatoms. The number of carboxylic acid groups (broad SMARTS) is 1. The van der Waals surface area contributed by atoms with Gasteiger partial charge in [-0.15, -0.1) is 0 Å². The quantitative estimate of drug-likeness (QED) is 0.533. The van der Waals surface area contributed by atoms with Gasteiger partial charge < -0.3 is 19.9 Å². The van der Waals surface area contributed by atoms with Crippen molar-refractivity contribution in [3.05, 3.63) is 58.9 Å². The third kappa shape index (κ3) is 6.35. The fraction of sp³-hybridized carbons (Fsp3) is 0.435. The molecule has 1 aliphatic carbocycles. The third-order valence-corrected chi connectivity index (χ3v) is 5.58. The number of carboxylic acids is 1. The maximum absolute atomic E-state index is 13.5. The minimum absolute atomic E-state index is 0.0899. The van der Waals surface area contributed by atoms with Gasteiger partial charge >= 0.3 is 12.1 Å². The molecule has 0 aromatic heterocycles. The molecule has 1 unspecified atom stereocenters. The Labute approximate surface area is 183 Å². The topological polar surface area (TPSA) is 67.8 Å². The second-order valence-corrected chi connectivity index (χ2v) is 7.85. The molecule has 5 nitrogen and oxygen atoms in total. The van der Waals surface area contributed by atoms with E-state index in [0.29, 0.717) is 31.4 Å². The molecule has 2 N–H and O–H groups in total. The molecule has 0 saturated heterocycles. The summed E-state index contributed by atoms with van der Waals surface area (Å²) in [5.74, 6) is -1.68. The molecule has 2 atom stereocenters. The largest absolute Gasteiger partial charge is 0.494 e. The van der Waals surface area contributed by atoms with Crippen molar-refractivity contribution in [1.82, 2.24) is 5.32 Å². The highest BCUT2D eigenvalue weighted by atomic mass is 19.4. The Morgan fingerprint density at radius 3 is 2.66 bits per heavy atom. The summed E-state index contributed by atoms with van der Waals surface area (Å²) in [7, 11) is 1.41. The van der Waals surface area contributed by atoms with Crippen LogP contribution in [-0.4, -0.2) is 37.4 Å². The van der Waals surface area contributed by atoms with Crippen LogP contribution >= 0.6 is 0 Å². The lowest BCUT2D eigenvalue weighted by Crippen LogP contribution is -2.28. The van der Waals surface area contributed by atoms with E-state index in [1.165, 1.54) is 19.2 Å². The Bertz CT molecular complexity index is 948. The van der Waals surface area contributed by atoms with Crippen molar-refractivity contribution >= 4 is 5.97 Å². The summed E-state index contributed by atoms with van der Waals surface area (Å²) in [6.07, 6.45) is -1.72. The first-order chi connectivity index (χ1) is 15.2. The molecule has 2 aromatic carbocycles. The van der Waals surface area contributed by atoms with Crippen LogP contribution < -0.4 is 14.8 Å². The molecule has 0 spiro atoms. The summed E-state index contributed by atoms with van der Waals surface area (Å²) in [6, 6.07) is 8.28. The van der Waals surface area contributed by atoms with Gasteiger partial charge in [0.2, 0.25) is 0 Å². The number of halogens is 4. The minimum Gasteiger partial charge on any atom is -0.494 e. The van der Waals surface area contributed by atoms with Crippen molar-refractivity contribution < 1.29 is 36.9 Å². The average molecular weight is 455 g/mol. The van der Waals surface area contributed by atoms with E-state index < -0.39 is 30.1 Å². The summed E-state index contributed by atoms with van der Waals surface area (Å²) in [5.41, 5.74) is 0.563. The number of rotatable bonds is 9. The van der Waals surface area contributed by atoms with Crippen molar-refractivity contribution in [1.29, 1.82) is 0 Å². The number of aliphatic carboxylic acids is 1. The van der Waals surface area contributed by atoms with Gasteiger partial charge in [-0.25, -0.2) is 9.18 Å². The monoisotopic (exact) mass is 455 g/mol. The molecule has 174 valence electrons. The van der Waals surface area contributed by atoms with Gasteiger partial charge in [0.25, 0.3) is 0 Å². The molecule has 0 aliphatic heterocycles. The van der Waals surface area contributed by atoms with Gasteiger partial charge in [-0.2, -0.15) is 13.2 Å². The third-order valence-electron chi connectivity index (χ3n) is 5.58. The molecule has 0 amide bonds. The molecular weight excluding hydrogens is 430 g/mol. The van der Waals surface area contributed by atoms with Gasteiger partial charge in [0.05, 0.1) is 12.7 Å². The zero-order valence-corrected chi connectivity index (χ0v) is 17.5. The number of ether oxygens (including phenoxy) is 2. The standard InChI is InChI=1S/C23H25F4NO4/c1-31-21-8-14(2-5-20(21)24)6-7-28-18-4-3-15(10-18)16-9-17(23(25,26)27)12-19(11-16)32-13-22(29)30/h2,5,8-9,11-12,15,18,28H,3-4,6-7,10,13H2,1H3,(H,29,30)/t15-,18?/m1/s1. The lowest BCUT2D eigenvalue weighted by atomic mass is 9.95. The molecule has 3 rings (SSSR count). The van der Waals surface area contributed by atoms with Crippen molar-refractivity contribution in [2.45, 2.75) is 43.8 Å². The van der Waals surface area contributed by atoms with Crippen molar-refractivity contribution in [3.63, 3.8) is 0 Å². The summed E-state index contributed by atoms with van der Waals surface area (Å²) in [5, 5.41) is 12.2. The molecule has 0 radical (unpaired) electrons. The van der Waals surface area contributed by atoms with Crippen LogP contribution in [0.5, 0.6) is 11.5 Å². The van der Waals surface area contributed by atoms with Crippen LogP contribution in [0.4, 0.5) is 17.6 Å². The number of carbonyl (C=O) groups is 1. The molecule has 1 fully saturated rings. The Hall–Kier alpha value is -2.81. The zero-order valence-electron chi connectivity index (χ0n) is 17.5. The highest BCUT2D eigenvalue weighted by Gasteiger charge is 2.33. The minimum atomic E-state index is -4.55. The SMILES string of the molecule is COc1cc(CCNC2CC[C@@H](c3cc(OCC(=O)O)cc(C(F)(F)F)c3)C2)ccc1F. The highest BCUT2D eigenvalue weighted by Crippen LogP contribution is 2.39. The first-order valence-electron chi connectivity index (χ1n) is 10.3. The number of benzene rings is 2. The molecule has 32 heavy (non-hydrogen) atoms. The van der Waals surface area contributed by atoms with E-state index in [4.69, 9.17) is 14.6 Å². The summed E-state index contributed by atoms with van der Waals surface area (Å²) < 4.78 is 63.4. The number of nitrogens with one attached hydrogen (secondary N) is 1. The Morgan fingerprint density at radius 1 is 1.19 bits per heavy atom. The number of methoxy groups -OCH3 is 1. The van der Waals surface area contributed by atoms with E-state index in [9.17, 15) is 22.4 Å². The van der Waals surface area contributed by atoms with Crippen LogP contribution in [0, 0.1) is 5.82 Å². The Kier molecular flexibility index (Phi) is 7.60. The molecule has 1 aliphatic rings. The maximum Gasteiger partial charge on any atom is 0.416 e. The normalized spacial score (nSPS) is 18.5. The van der Waals surface area contributed by atoms with Gasteiger partial charge in [0.15, 0.2) is 18.2 Å². The predicted octanol–water partition coefficient (Wildman–Crippen LogP) is 4.78. The van der Waals surface area contributed by atoms with Crippen LogP contribution in [0.15, 0.2) is 36.4 Å². The van der Waals surface area contributed by atoms with Crippen molar-refractivity contribution in [2.24, 2.45) is 0 Å². The van der Waals surface area contributed by atoms with E-state index in [2.05, 4.69) is 5.32 Å². The van der Waals surface area contributed by atoms with Gasteiger partial charge in [0.1, 0.15) is 5.75 Å². The van der Waals surface area contributed by atoms with Crippen LogP contribution in [0.25, 0.3) is 0 Å². The van der Waals surface area contributed by atoms with Crippen molar-refractivity contribution in [3.8, 4) is 11.5 Å². The Balaban J connectivity index is 1.61. The lowest BCUT2D eigenvalue weighted by Gasteiger charge is -2.17. The maximum atomic E-state index is 13.5. The number of hydrogen-bond acceptors (Lipinski definition) is 4. The highest BCUT2D eigenvalue weighted by molar-refractivity contribution is 5.68. The predicted molar refractivity (Wildman–Crippen MR) is 110 cm³/mol. The summed E-state index contributed by atoms with van der Waals surface area (Å²) in [4.78, 5) is 10.7. The van der Waals surface area contributed by atoms with E-state index in [0.717, 1.165) is 24.1 Å². The van der Waals surface area contributed by atoms with Crippen LogP contribution in [-0.2, 0) is 17.4 Å². The van der Waals surface area contributed by atoms with Crippen molar-refractivity contribution in [2.75, 3.05) is 20.3 Å². The second kappa shape index (κ2) is 10.2. The van der Waals surface area contributed by atoms with E-state index >= 15 is 0 Å². The molecule has 1 saturated carbocycles. The summed E-state index contributed by atoms with van der Waals surface area (Å²) in [6.45, 7) is -0.0640. The van der Waals surface area contributed by atoms with Crippen LogP contribution in [0.3, 0.4) is 0 Å². The van der Waals surface area contributed by atoms with Gasteiger partial charge in [0, 0.05) is 6.04 Å². The Morgan fingerprint density at radius 2 is 1.97 bits per heavy atom. The zero-order chi connectivity index (χ0) is 23.3. The smallest absolute Gasteiger partial charge is 0.416 e. The fourth-order valence-electron chi connectivity index (χ4n) is 4.00. The van der Waals surface area contributed by atoms with Crippen LogP contribution in [0.1, 0.15) is 41.9 Å². The molecular formula is C23H25F4NO4. The lowest BCUT2D eigenvalue weighted by molar-refractivity contribution is -0.139. The first kappa shape index (κ1) is 23.8. The van der Waals surface area contributed by atoms with Gasteiger partial charge in [-0.3, -0.25) is 0 Å². The number of alkyl halides is 3. The van der Waals surface area contributed by atoms with Gasteiger partial charge in [-0.05, 0) is 79.6 Å². The van der Waals surface area contributed by atoms with E-state index in [1.807, 2.05) is 0 Å². The number of hydrogen-bond donors (Lipinski definition) is 2. The van der Waals surface area contributed by atoms with Crippen LogP contribution in [0.2, 0.25) is 0 Å². The molecule has 0 heterocycles. The average Bonchev–Trinajstić information content (AvgIpc) is 3.21. The molecule has 2 aromatic rings. The second-order valence-electron chi connectivity index (χ2n) is 7.85. The van der Waals surface area contributed by atoms with E-state index in [-0.39, 0.29) is 23.5 Å².